The molecule has 0 aliphatic heterocycles. The lowest BCUT2D eigenvalue weighted by Crippen LogP contribution is -2.06. The molecule has 0 bridgehead atoms. The maximum atomic E-state index is 11.1. The molecule has 1 rings (SSSR count). The Morgan fingerprint density at radius 1 is 1.64 bits per heavy atom. The largest absolute Gasteiger partial charge is 0.466 e. The van der Waals surface area contributed by atoms with E-state index in [1.54, 1.807) is 13.1 Å². The van der Waals surface area contributed by atoms with Crippen molar-refractivity contribution in [2.75, 3.05) is 6.61 Å². The van der Waals surface area contributed by atoms with Crippen LogP contribution in [0.5, 0.6) is 0 Å². The van der Waals surface area contributed by atoms with Crippen LogP contribution in [0.2, 0.25) is 0 Å². The average molecular weight is 258 g/mol. The van der Waals surface area contributed by atoms with Gasteiger partial charge in [-0.3, -0.25) is 9.78 Å². The van der Waals surface area contributed by atoms with E-state index >= 15 is 0 Å². The van der Waals surface area contributed by atoms with E-state index in [0.717, 1.165) is 10.2 Å². The van der Waals surface area contributed by atoms with E-state index in [2.05, 4.69) is 20.9 Å². The van der Waals surface area contributed by atoms with Gasteiger partial charge in [-0.2, -0.15) is 0 Å². The molecule has 0 spiro atoms. The summed E-state index contributed by atoms with van der Waals surface area (Å²) in [6.45, 7) is 2.23. The van der Waals surface area contributed by atoms with Crippen LogP contribution in [0.15, 0.2) is 22.8 Å². The fraction of sp³-hybridized carbons (Fsp3) is 0.400. The number of nitrogens with zero attached hydrogens (tertiary/aromatic N) is 1. The summed E-state index contributed by atoms with van der Waals surface area (Å²) in [6, 6.07) is 3.76. The maximum Gasteiger partial charge on any atom is 0.306 e. The third-order valence-electron chi connectivity index (χ3n) is 1.71. The molecule has 0 N–H and O–H groups in total. The summed E-state index contributed by atoms with van der Waals surface area (Å²) < 4.78 is 5.76. The van der Waals surface area contributed by atoms with E-state index in [1.165, 1.54) is 0 Å². The van der Waals surface area contributed by atoms with Crippen molar-refractivity contribution in [3.8, 4) is 0 Å². The summed E-state index contributed by atoms with van der Waals surface area (Å²) in [5, 5.41) is 0. The van der Waals surface area contributed by atoms with E-state index in [9.17, 15) is 4.79 Å². The van der Waals surface area contributed by atoms with Crippen LogP contribution in [-0.2, 0) is 16.0 Å². The first-order valence-electron chi connectivity index (χ1n) is 4.49. The molecule has 14 heavy (non-hydrogen) atoms. The molecule has 0 unspecified atom stereocenters. The molecule has 0 amide bonds. The van der Waals surface area contributed by atoms with Crippen LogP contribution in [0.4, 0.5) is 0 Å². The van der Waals surface area contributed by atoms with Crippen molar-refractivity contribution < 1.29 is 9.53 Å². The number of aryl methyl sites for hydroxylation is 1. The summed E-state index contributed by atoms with van der Waals surface area (Å²) in [4.78, 5) is 15.2. The predicted octanol–water partition coefficient (Wildman–Crippen LogP) is 2.34. The molecule has 0 aliphatic carbocycles. The molecule has 1 aromatic rings. The minimum atomic E-state index is -0.176. The standard InChI is InChI=1S/C10H12BrNO2/c1-2-14-10(13)6-5-9-8(11)4-3-7-12-9/h3-4,7H,2,5-6H2,1H3. The SMILES string of the molecule is CCOC(=O)CCc1ncccc1Br. The van der Waals surface area contributed by atoms with Gasteiger partial charge in [-0.15, -0.1) is 0 Å². The van der Waals surface area contributed by atoms with Gasteiger partial charge >= 0.3 is 5.97 Å². The van der Waals surface area contributed by atoms with Gasteiger partial charge in [0.15, 0.2) is 0 Å². The lowest BCUT2D eigenvalue weighted by molar-refractivity contribution is -0.143. The van der Waals surface area contributed by atoms with Crippen LogP contribution < -0.4 is 0 Å². The van der Waals surface area contributed by atoms with Gasteiger partial charge in [0.05, 0.1) is 18.7 Å². The predicted molar refractivity (Wildman–Crippen MR) is 56.9 cm³/mol. The van der Waals surface area contributed by atoms with Crippen molar-refractivity contribution in [1.82, 2.24) is 4.98 Å². The zero-order valence-electron chi connectivity index (χ0n) is 8.00. The second-order valence-corrected chi connectivity index (χ2v) is 3.59. The monoisotopic (exact) mass is 257 g/mol. The summed E-state index contributed by atoms with van der Waals surface area (Å²) in [5.74, 6) is -0.176. The van der Waals surface area contributed by atoms with Crippen molar-refractivity contribution in [2.24, 2.45) is 0 Å². The number of rotatable bonds is 4. The Morgan fingerprint density at radius 2 is 2.43 bits per heavy atom. The van der Waals surface area contributed by atoms with Crippen LogP contribution >= 0.6 is 15.9 Å². The highest BCUT2D eigenvalue weighted by atomic mass is 79.9. The van der Waals surface area contributed by atoms with Gasteiger partial charge < -0.3 is 4.74 Å². The second kappa shape index (κ2) is 5.75. The first-order chi connectivity index (χ1) is 6.74. The molecular formula is C10H12BrNO2. The topological polar surface area (TPSA) is 39.2 Å². The summed E-state index contributed by atoms with van der Waals surface area (Å²) >= 11 is 3.37. The van der Waals surface area contributed by atoms with Gasteiger partial charge in [-0.25, -0.2) is 0 Å². The minimum absolute atomic E-state index is 0.176. The molecule has 1 aromatic heterocycles. The van der Waals surface area contributed by atoms with E-state index in [4.69, 9.17) is 4.74 Å². The number of carbonyl (C=O) groups excluding carboxylic acids is 1. The number of hydrogen-bond acceptors (Lipinski definition) is 3. The molecule has 0 aliphatic rings. The molecule has 0 atom stereocenters. The van der Waals surface area contributed by atoms with Crippen LogP contribution in [0.25, 0.3) is 0 Å². The number of aromatic nitrogens is 1. The highest BCUT2D eigenvalue weighted by Crippen LogP contribution is 2.14. The summed E-state index contributed by atoms with van der Waals surface area (Å²) in [5.41, 5.74) is 0.889. The highest BCUT2D eigenvalue weighted by molar-refractivity contribution is 9.10. The smallest absolute Gasteiger partial charge is 0.306 e. The van der Waals surface area contributed by atoms with Gasteiger partial charge in [0, 0.05) is 17.1 Å². The number of hydrogen-bond donors (Lipinski definition) is 0. The molecule has 0 saturated heterocycles. The number of carbonyl (C=O) groups is 1. The van der Waals surface area contributed by atoms with Crippen LogP contribution in [0, 0.1) is 0 Å². The van der Waals surface area contributed by atoms with Crippen molar-refractivity contribution in [3.05, 3.63) is 28.5 Å². The van der Waals surface area contributed by atoms with Crippen LogP contribution in [0.1, 0.15) is 19.0 Å². The summed E-state index contributed by atoms with van der Waals surface area (Å²) in [7, 11) is 0. The van der Waals surface area contributed by atoms with Gasteiger partial charge in [-0.1, -0.05) is 0 Å². The lowest BCUT2D eigenvalue weighted by Gasteiger charge is -2.02. The quantitative estimate of drug-likeness (QED) is 0.778. The van der Waals surface area contributed by atoms with E-state index in [0.29, 0.717) is 19.4 Å². The third-order valence-corrected chi connectivity index (χ3v) is 2.43. The van der Waals surface area contributed by atoms with Crippen molar-refractivity contribution >= 4 is 21.9 Å². The zero-order chi connectivity index (χ0) is 10.4. The Labute approximate surface area is 91.6 Å². The number of halogens is 1. The van der Waals surface area contributed by atoms with E-state index in [1.807, 2.05) is 12.1 Å². The third kappa shape index (κ3) is 3.46. The van der Waals surface area contributed by atoms with Crippen LogP contribution in [-0.4, -0.2) is 17.6 Å². The van der Waals surface area contributed by atoms with E-state index in [-0.39, 0.29) is 5.97 Å². The van der Waals surface area contributed by atoms with Gasteiger partial charge in [0.1, 0.15) is 0 Å². The Balaban J connectivity index is 2.46. The fourth-order valence-electron chi connectivity index (χ4n) is 1.06. The van der Waals surface area contributed by atoms with Gasteiger partial charge in [0.2, 0.25) is 0 Å². The number of pyridine rings is 1. The fourth-order valence-corrected chi connectivity index (χ4v) is 1.51. The van der Waals surface area contributed by atoms with Gasteiger partial charge in [-0.05, 0) is 35.0 Å². The molecule has 0 saturated carbocycles. The van der Waals surface area contributed by atoms with Crippen molar-refractivity contribution in [3.63, 3.8) is 0 Å². The second-order valence-electron chi connectivity index (χ2n) is 2.74. The highest BCUT2D eigenvalue weighted by Gasteiger charge is 2.05. The molecule has 4 heteroatoms. The minimum Gasteiger partial charge on any atom is -0.466 e. The van der Waals surface area contributed by atoms with Crippen molar-refractivity contribution in [2.45, 2.75) is 19.8 Å². The first kappa shape index (κ1) is 11.2. The zero-order valence-corrected chi connectivity index (χ0v) is 9.58. The van der Waals surface area contributed by atoms with Gasteiger partial charge in [0.25, 0.3) is 0 Å². The molecule has 0 fully saturated rings. The Kier molecular flexibility index (Phi) is 4.59. The normalized spacial score (nSPS) is 9.86. The number of ether oxygens (including phenoxy) is 1. The first-order valence-corrected chi connectivity index (χ1v) is 5.28. The Morgan fingerprint density at radius 3 is 3.07 bits per heavy atom. The Bertz CT molecular complexity index is 315. The van der Waals surface area contributed by atoms with Crippen LogP contribution in [0.3, 0.4) is 0 Å². The van der Waals surface area contributed by atoms with E-state index < -0.39 is 0 Å². The van der Waals surface area contributed by atoms with Crippen molar-refractivity contribution in [1.29, 1.82) is 0 Å². The lowest BCUT2D eigenvalue weighted by atomic mass is 10.2. The molecular weight excluding hydrogens is 246 g/mol. The summed E-state index contributed by atoms with van der Waals surface area (Å²) in [6.07, 6.45) is 2.70. The number of esters is 1. The molecule has 0 radical (unpaired) electrons. The molecule has 1 heterocycles. The Hall–Kier alpha value is -0.900. The molecule has 3 nitrogen and oxygen atoms in total. The molecule has 0 aromatic carbocycles. The maximum absolute atomic E-state index is 11.1. The molecule has 76 valence electrons. The average Bonchev–Trinajstić information content (AvgIpc) is 2.17.